The van der Waals surface area contributed by atoms with Gasteiger partial charge in [-0.3, -0.25) is 0 Å². The lowest BCUT2D eigenvalue weighted by molar-refractivity contribution is -0.181. The highest BCUT2D eigenvalue weighted by molar-refractivity contribution is 5.55. The second kappa shape index (κ2) is 2.82. The molecular weight excluding hydrogens is 156 g/mol. The monoisotopic (exact) mass is 170 g/mol. The van der Waals surface area contributed by atoms with Crippen molar-refractivity contribution in [1.29, 1.82) is 0 Å². The molecule has 1 heterocycles. The number of aldehydes is 1. The summed E-state index contributed by atoms with van der Waals surface area (Å²) in [5, 5.41) is 0. The van der Waals surface area contributed by atoms with Crippen LogP contribution in [0.3, 0.4) is 0 Å². The van der Waals surface area contributed by atoms with Gasteiger partial charge in [-0.25, -0.2) is 0 Å². The summed E-state index contributed by atoms with van der Waals surface area (Å²) in [6.45, 7) is 3.39. The van der Waals surface area contributed by atoms with Crippen LogP contribution in [0.15, 0.2) is 0 Å². The van der Waals surface area contributed by atoms with Crippen molar-refractivity contribution in [2.45, 2.75) is 25.6 Å². The van der Waals surface area contributed by atoms with E-state index < -0.39 is 5.79 Å². The average molecular weight is 170 g/mol. The SMILES string of the molecule is C[C@@H]1[C@@H](C=O)CCC12OCCO2. The van der Waals surface area contributed by atoms with Crippen LogP contribution in [0.2, 0.25) is 0 Å². The van der Waals surface area contributed by atoms with Crippen LogP contribution in [-0.2, 0) is 14.3 Å². The van der Waals surface area contributed by atoms with Crippen molar-refractivity contribution in [3.63, 3.8) is 0 Å². The summed E-state index contributed by atoms with van der Waals surface area (Å²) < 4.78 is 11.1. The van der Waals surface area contributed by atoms with Crippen molar-refractivity contribution in [2.75, 3.05) is 13.2 Å². The molecule has 0 radical (unpaired) electrons. The topological polar surface area (TPSA) is 35.5 Å². The van der Waals surface area contributed by atoms with E-state index in [-0.39, 0.29) is 11.8 Å². The van der Waals surface area contributed by atoms with Gasteiger partial charge in [0.05, 0.1) is 13.2 Å². The first-order valence-corrected chi connectivity index (χ1v) is 4.52. The number of hydrogen-bond acceptors (Lipinski definition) is 3. The Balaban J connectivity index is 2.13. The second-order valence-electron chi connectivity index (χ2n) is 3.64. The minimum atomic E-state index is -0.411. The van der Waals surface area contributed by atoms with Crippen LogP contribution in [0.4, 0.5) is 0 Å². The Hall–Kier alpha value is -0.410. The molecule has 1 aliphatic carbocycles. The molecule has 1 saturated carbocycles. The van der Waals surface area contributed by atoms with Gasteiger partial charge in [-0.05, 0) is 6.42 Å². The lowest BCUT2D eigenvalue weighted by Crippen LogP contribution is -2.35. The van der Waals surface area contributed by atoms with Gasteiger partial charge in [0.2, 0.25) is 0 Å². The zero-order valence-electron chi connectivity index (χ0n) is 7.29. The van der Waals surface area contributed by atoms with E-state index >= 15 is 0 Å². The molecule has 68 valence electrons. The van der Waals surface area contributed by atoms with Gasteiger partial charge in [0, 0.05) is 18.3 Å². The molecule has 12 heavy (non-hydrogen) atoms. The highest BCUT2D eigenvalue weighted by atomic mass is 16.7. The molecule has 2 fully saturated rings. The number of rotatable bonds is 1. The van der Waals surface area contributed by atoms with Gasteiger partial charge >= 0.3 is 0 Å². The van der Waals surface area contributed by atoms with Crippen LogP contribution in [0.1, 0.15) is 19.8 Å². The molecule has 0 aromatic rings. The second-order valence-corrected chi connectivity index (χ2v) is 3.64. The number of carbonyl (C=O) groups is 1. The van der Waals surface area contributed by atoms with E-state index in [1.807, 2.05) is 6.92 Å². The van der Waals surface area contributed by atoms with E-state index in [0.717, 1.165) is 19.1 Å². The maximum atomic E-state index is 10.6. The Kier molecular flexibility index (Phi) is 1.93. The van der Waals surface area contributed by atoms with Crippen LogP contribution in [0, 0.1) is 11.8 Å². The van der Waals surface area contributed by atoms with Gasteiger partial charge in [-0.1, -0.05) is 6.92 Å². The number of carbonyl (C=O) groups excluding carboxylic acids is 1. The molecule has 2 rings (SSSR count). The first-order valence-electron chi connectivity index (χ1n) is 4.52. The van der Waals surface area contributed by atoms with Crippen LogP contribution < -0.4 is 0 Å². The first-order chi connectivity index (χ1) is 5.78. The lowest BCUT2D eigenvalue weighted by atomic mass is 9.96. The third kappa shape index (κ3) is 1.00. The van der Waals surface area contributed by atoms with Gasteiger partial charge < -0.3 is 14.3 Å². The molecule has 1 aliphatic heterocycles. The van der Waals surface area contributed by atoms with E-state index in [1.54, 1.807) is 0 Å². The van der Waals surface area contributed by atoms with Crippen molar-refractivity contribution in [3.8, 4) is 0 Å². The predicted molar refractivity (Wildman–Crippen MR) is 42.6 cm³/mol. The van der Waals surface area contributed by atoms with Crippen LogP contribution in [-0.4, -0.2) is 25.3 Å². The third-order valence-corrected chi connectivity index (χ3v) is 3.11. The number of ether oxygens (including phenoxy) is 2. The van der Waals surface area contributed by atoms with E-state index in [9.17, 15) is 4.79 Å². The summed E-state index contributed by atoms with van der Waals surface area (Å²) in [5.74, 6) is -0.0634. The predicted octanol–water partition coefficient (Wildman–Crippen LogP) is 0.974. The van der Waals surface area contributed by atoms with Crippen molar-refractivity contribution in [2.24, 2.45) is 11.8 Å². The van der Waals surface area contributed by atoms with Crippen molar-refractivity contribution in [1.82, 2.24) is 0 Å². The third-order valence-electron chi connectivity index (χ3n) is 3.11. The fraction of sp³-hybridized carbons (Fsp3) is 0.889. The van der Waals surface area contributed by atoms with E-state index in [4.69, 9.17) is 9.47 Å². The molecule has 3 heteroatoms. The largest absolute Gasteiger partial charge is 0.347 e. The molecule has 1 spiro atoms. The zero-order chi connectivity index (χ0) is 8.60. The lowest BCUT2D eigenvalue weighted by Gasteiger charge is -2.27. The highest BCUT2D eigenvalue weighted by Crippen LogP contribution is 2.44. The average Bonchev–Trinajstić information content (AvgIpc) is 2.65. The Labute approximate surface area is 72.0 Å². The maximum absolute atomic E-state index is 10.6. The van der Waals surface area contributed by atoms with Gasteiger partial charge in [-0.2, -0.15) is 0 Å². The van der Waals surface area contributed by atoms with Crippen molar-refractivity contribution in [3.05, 3.63) is 0 Å². The van der Waals surface area contributed by atoms with Gasteiger partial charge in [-0.15, -0.1) is 0 Å². The van der Waals surface area contributed by atoms with Gasteiger partial charge in [0.1, 0.15) is 6.29 Å². The fourth-order valence-electron chi connectivity index (χ4n) is 2.24. The zero-order valence-corrected chi connectivity index (χ0v) is 7.29. The van der Waals surface area contributed by atoms with Crippen LogP contribution >= 0.6 is 0 Å². The molecule has 2 aliphatic rings. The molecule has 0 unspecified atom stereocenters. The highest BCUT2D eigenvalue weighted by Gasteiger charge is 2.50. The normalized spacial score (nSPS) is 39.1. The molecular formula is C9H14O3. The molecule has 3 nitrogen and oxygen atoms in total. The Morgan fingerprint density at radius 2 is 2.08 bits per heavy atom. The molecule has 0 amide bonds. The summed E-state index contributed by atoms with van der Waals surface area (Å²) >= 11 is 0. The summed E-state index contributed by atoms with van der Waals surface area (Å²) in [6, 6.07) is 0. The summed E-state index contributed by atoms with van der Waals surface area (Å²) in [4.78, 5) is 10.6. The summed E-state index contributed by atoms with van der Waals surface area (Å²) in [5.41, 5.74) is 0. The van der Waals surface area contributed by atoms with E-state index in [2.05, 4.69) is 0 Å². The molecule has 2 atom stereocenters. The van der Waals surface area contributed by atoms with Gasteiger partial charge in [0.15, 0.2) is 5.79 Å². The Morgan fingerprint density at radius 1 is 1.42 bits per heavy atom. The Bertz CT molecular complexity index is 184. The van der Waals surface area contributed by atoms with E-state index in [0.29, 0.717) is 13.2 Å². The van der Waals surface area contributed by atoms with Crippen molar-refractivity contribution < 1.29 is 14.3 Å². The van der Waals surface area contributed by atoms with Gasteiger partial charge in [0.25, 0.3) is 0 Å². The van der Waals surface area contributed by atoms with Crippen LogP contribution in [0.25, 0.3) is 0 Å². The Morgan fingerprint density at radius 3 is 2.58 bits per heavy atom. The number of hydrogen-bond donors (Lipinski definition) is 0. The minimum Gasteiger partial charge on any atom is -0.347 e. The minimum absolute atomic E-state index is 0.128. The maximum Gasteiger partial charge on any atom is 0.171 e. The van der Waals surface area contributed by atoms with Crippen molar-refractivity contribution >= 4 is 6.29 Å². The standard InChI is InChI=1S/C9H14O3/c1-7-8(6-10)2-3-9(7)11-4-5-12-9/h6-8H,2-5H2,1H3/t7-,8-/m1/s1. The fourth-order valence-corrected chi connectivity index (χ4v) is 2.24. The molecule has 0 bridgehead atoms. The smallest absolute Gasteiger partial charge is 0.171 e. The summed E-state index contributed by atoms with van der Waals surface area (Å²) in [7, 11) is 0. The first kappa shape index (κ1) is 8.20. The molecule has 1 saturated heterocycles. The molecule has 0 N–H and O–H groups in total. The van der Waals surface area contributed by atoms with Crippen LogP contribution in [0.5, 0.6) is 0 Å². The quantitative estimate of drug-likeness (QED) is 0.550. The molecule has 0 aromatic heterocycles. The molecule has 0 aromatic carbocycles. The van der Waals surface area contributed by atoms with E-state index in [1.165, 1.54) is 0 Å². The summed E-state index contributed by atoms with van der Waals surface area (Å²) in [6.07, 6.45) is 2.81.